The van der Waals surface area contributed by atoms with Gasteiger partial charge in [0.2, 0.25) is 5.91 Å². The summed E-state index contributed by atoms with van der Waals surface area (Å²) in [5, 5.41) is 7.43. The van der Waals surface area contributed by atoms with Crippen LogP contribution in [0.2, 0.25) is 0 Å². The van der Waals surface area contributed by atoms with E-state index in [4.69, 9.17) is 6.57 Å². The topological polar surface area (TPSA) is 91.9 Å². The molecule has 6 rings (SSSR count). The van der Waals surface area contributed by atoms with Gasteiger partial charge in [0.25, 0.3) is 11.8 Å². The highest BCUT2D eigenvalue weighted by Crippen LogP contribution is 2.47. The monoisotopic (exact) mass is 514 g/mol. The Hall–Kier alpha value is -3.67. The lowest BCUT2D eigenvalue weighted by Crippen LogP contribution is -2.51. The van der Waals surface area contributed by atoms with E-state index in [2.05, 4.69) is 15.3 Å². The molecule has 4 aliphatic rings. The van der Waals surface area contributed by atoms with Crippen molar-refractivity contribution in [1.82, 2.24) is 19.6 Å². The lowest BCUT2D eigenvalue weighted by molar-refractivity contribution is -0.136. The summed E-state index contributed by atoms with van der Waals surface area (Å²) in [6, 6.07) is 7.14. The van der Waals surface area contributed by atoms with Gasteiger partial charge in [-0.05, 0) is 36.8 Å². The number of para-hydroxylation sites is 1. The molecular formula is C29H34N6O3. The Kier molecular flexibility index (Phi) is 6.21. The Morgan fingerprint density at radius 1 is 1.21 bits per heavy atom. The maximum Gasteiger partial charge on any atom is 0.302 e. The molecule has 198 valence electrons. The van der Waals surface area contributed by atoms with Gasteiger partial charge in [0.05, 0.1) is 24.2 Å². The van der Waals surface area contributed by atoms with E-state index < -0.39 is 17.6 Å². The molecule has 3 atom stereocenters. The van der Waals surface area contributed by atoms with Crippen molar-refractivity contribution in [3.63, 3.8) is 0 Å². The minimum atomic E-state index is -0.935. The minimum Gasteiger partial charge on any atom is -0.330 e. The molecule has 38 heavy (non-hydrogen) atoms. The largest absolute Gasteiger partial charge is 0.330 e. The molecule has 1 N–H and O–H groups in total. The van der Waals surface area contributed by atoms with E-state index in [1.165, 1.54) is 24.2 Å². The number of hydrogen-bond acceptors (Lipinski definition) is 4. The Bertz CT molecular complexity index is 1300. The lowest BCUT2D eigenvalue weighted by atomic mass is 9.80. The molecule has 2 aromatic rings. The van der Waals surface area contributed by atoms with Crippen molar-refractivity contribution in [1.29, 1.82) is 0 Å². The van der Waals surface area contributed by atoms with Gasteiger partial charge in [-0.25, -0.2) is 6.57 Å². The highest BCUT2D eigenvalue weighted by molar-refractivity contribution is 6.07. The lowest BCUT2D eigenvalue weighted by Gasteiger charge is -2.31. The molecule has 1 saturated heterocycles. The number of hydrogen-bond donors (Lipinski definition) is 1. The van der Waals surface area contributed by atoms with Crippen molar-refractivity contribution in [2.75, 3.05) is 18.9 Å². The summed E-state index contributed by atoms with van der Waals surface area (Å²) in [6.45, 7) is 7.99. The maximum absolute atomic E-state index is 14.1. The average molecular weight is 515 g/mol. The zero-order valence-electron chi connectivity index (χ0n) is 21.8. The first-order valence-electron chi connectivity index (χ1n) is 13.8. The Morgan fingerprint density at radius 3 is 2.71 bits per heavy atom. The SMILES string of the molecule is [C-]#[N+][C@@H]1C[C@@]2(CN1C(=O)[C@H](CC1CC1)N(C)C(=O)c1cnn(C3CCCCC3)c1)C(=O)Nc1ccccc12. The number of anilines is 1. The van der Waals surface area contributed by atoms with Gasteiger partial charge in [-0.2, -0.15) is 5.10 Å². The molecule has 1 aromatic heterocycles. The summed E-state index contributed by atoms with van der Waals surface area (Å²) in [5.74, 6) is -0.255. The van der Waals surface area contributed by atoms with Gasteiger partial charge in [0.15, 0.2) is 0 Å². The van der Waals surface area contributed by atoms with Crippen molar-refractivity contribution >= 4 is 23.4 Å². The third kappa shape index (κ3) is 4.16. The minimum absolute atomic E-state index is 0.143. The Morgan fingerprint density at radius 2 is 1.97 bits per heavy atom. The highest BCUT2D eigenvalue weighted by Gasteiger charge is 2.59. The summed E-state index contributed by atoms with van der Waals surface area (Å²) in [7, 11) is 1.68. The Balaban J connectivity index is 1.25. The zero-order valence-corrected chi connectivity index (χ0v) is 21.8. The van der Waals surface area contributed by atoms with Gasteiger partial charge in [-0.3, -0.25) is 28.8 Å². The number of nitrogens with zero attached hydrogens (tertiary/aromatic N) is 5. The van der Waals surface area contributed by atoms with E-state index in [0.29, 0.717) is 23.9 Å². The van der Waals surface area contributed by atoms with Crippen molar-refractivity contribution < 1.29 is 14.4 Å². The summed E-state index contributed by atoms with van der Waals surface area (Å²) in [6.07, 6.45) is 11.3. The molecule has 0 unspecified atom stereocenters. The smallest absolute Gasteiger partial charge is 0.302 e. The van der Waals surface area contributed by atoms with Crippen LogP contribution >= 0.6 is 0 Å². The number of amides is 3. The van der Waals surface area contributed by atoms with Crippen LogP contribution in [0.25, 0.3) is 4.85 Å². The van der Waals surface area contributed by atoms with Gasteiger partial charge in [-0.15, -0.1) is 0 Å². The zero-order chi connectivity index (χ0) is 26.4. The number of carbonyl (C=O) groups excluding carboxylic acids is 3. The third-order valence-corrected chi connectivity index (χ3v) is 9.01. The fraction of sp³-hybridized carbons (Fsp3) is 0.552. The van der Waals surface area contributed by atoms with E-state index in [1.807, 2.05) is 35.1 Å². The van der Waals surface area contributed by atoms with Crippen LogP contribution in [0.15, 0.2) is 36.7 Å². The second-order valence-corrected chi connectivity index (χ2v) is 11.5. The molecule has 3 amide bonds. The predicted molar refractivity (Wildman–Crippen MR) is 141 cm³/mol. The molecule has 1 spiro atoms. The summed E-state index contributed by atoms with van der Waals surface area (Å²) >= 11 is 0. The first-order valence-corrected chi connectivity index (χ1v) is 13.8. The number of nitrogens with one attached hydrogen (secondary N) is 1. The molecule has 3 fully saturated rings. The second kappa shape index (κ2) is 9.57. The van der Waals surface area contributed by atoms with Gasteiger partial charge < -0.3 is 10.2 Å². The summed E-state index contributed by atoms with van der Waals surface area (Å²) < 4.78 is 1.91. The standard InChI is InChI=1S/C29H34N6O3/c1-30-25-15-29(22-10-6-7-11-23(22)32-28(29)38)18-34(25)27(37)24(14-19-12-13-19)33(2)26(36)20-16-31-35(17-20)21-8-4-3-5-9-21/h6-7,10-11,16-17,19,21,24-25H,3-5,8-9,12-15,18H2,2H3,(H,32,38)/t24-,25-,29-/m0/s1. The van der Waals surface area contributed by atoms with Crippen molar-refractivity contribution in [3.8, 4) is 0 Å². The molecular weight excluding hydrogens is 480 g/mol. The van der Waals surface area contributed by atoms with Crippen LogP contribution in [0.4, 0.5) is 5.69 Å². The quantitative estimate of drug-likeness (QED) is 0.590. The van der Waals surface area contributed by atoms with Crippen molar-refractivity contribution in [2.24, 2.45) is 5.92 Å². The summed E-state index contributed by atoms with van der Waals surface area (Å²) in [5.41, 5.74) is 1.13. The predicted octanol–water partition coefficient (Wildman–Crippen LogP) is 4.00. The van der Waals surface area contributed by atoms with E-state index in [0.717, 1.165) is 36.9 Å². The number of benzene rings is 1. The molecule has 3 heterocycles. The van der Waals surface area contributed by atoms with Crippen LogP contribution in [-0.4, -0.2) is 63.1 Å². The van der Waals surface area contributed by atoms with E-state index >= 15 is 0 Å². The number of likely N-dealkylation sites (N-methyl/N-ethyl adjacent to an activating group) is 1. The number of fused-ring (bicyclic) bond motifs is 2. The molecule has 2 aliphatic heterocycles. The molecule has 1 aromatic carbocycles. The number of carbonyl (C=O) groups is 3. The van der Waals surface area contributed by atoms with E-state index in [1.54, 1.807) is 18.1 Å². The van der Waals surface area contributed by atoms with Crippen LogP contribution in [0.5, 0.6) is 0 Å². The van der Waals surface area contributed by atoms with Gasteiger partial charge in [0.1, 0.15) is 11.5 Å². The number of likely N-dealkylation sites (tertiary alicyclic amines) is 1. The average Bonchev–Trinajstić information content (AvgIpc) is 3.37. The normalized spacial score (nSPS) is 25.6. The van der Waals surface area contributed by atoms with Crippen LogP contribution in [0.1, 0.15) is 79.8 Å². The van der Waals surface area contributed by atoms with E-state index in [9.17, 15) is 14.4 Å². The fourth-order valence-corrected chi connectivity index (χ4v) is 6.58. The molecule has 2 saturated carbocycles. The van der Waals surface area contributed by atoms with Crippen LogP contribution in [0, 0.1) is 12.5 Å². The van der Waals surface area contributed by atoms with Gasteiger partial charge >= 0.3 is 6.17 Å². The maximum atomic E-state index is 14.1. The third-order valence-electron chi connectivity index (χ3n) is 9.01. The van der Waals surface area contributed by atoms with Crippen LogP contribution in [0.3, 0.4) is 0 Å². The molecule has 2 aliphatic carbocycles. The fourth-order valence-electron chi connectivity index (χ4n) is 6.58. The van der Waals surface area contributed by atoms with Crippen molar-refractivity contribution in [2.45, 2.75) is 81.5 Å². The van der Waals surface area contributed by atoms with E-state index in [-0.39, 0.29) is 30.7 Å². The van der Waals surface area contributed by atoms with Crippen molar-refractivity contribution in [3.05, 3.63) is 59.2 Å². The molecule has 9 nitrogen and oxygen atoms in total. The second-order valence-electron chi connectivity index (χ2n) is 11.5. The summed E-state index contributed by atoms with van der Waals surface area (Å²) in [4.78, 5) is 47.7. The molecule has 0 radical (unpaired) electrons. The number of aromatic nitrogens is 2. The highest BCUT2D eigenvalue weighted by atomic mass is 16.2. The van der Waals surface area contributed by atoms with Gasteiger partial charge in [0, 0.05) is 25.5 Å². The van der Waals surface area contributed by atoms with Gasteiger partial charge in [-0.1, -0.05) is 50.3 Å². The molecule has 0 bridgehead atoms. The molecule has 9 heteroatoms. The first-order chi connectivity index (χ1) is 18.4. The van der Waals surface area contributed by atoms with Crippen LogP contribution in [-0.2, 0) is 15.0 Å². The van der Waals surface area contributed by atoms with Crippen LogP contribution < -0.4 is 5.32 Å². The Labute approximate surface area is 223 Å². The first kappa shape index (κ1) is 24.7. The number of rotatable bonds is 6.